The van der Waals surface area contributed by atoms with Gasteiger partial charge in [-0.2, -0.15) is 13.8 Å². The van der Waals surface area contributed by atoms with Crippen LogP contribution in [0.1, 0.15) is 19.5 Å². The monoisotopic (exact) mass is 254 g/mol. The molecule has 0 saturated carbocycles. The Morgan fingerprint density at radius 1 is 1.17 bits per heavy atom. The van der Waals surface area contributed by atoms with Gasteiger partial charge in [-0.1, -0.05) is 25.1 Å². The van der Waals surface area contributed by atoms with Crippen LogP contribution in [-0.4, -0.2) is 32.4 Å². The van der Waals surface area contributed by atoms with Gasteiger partial charge >= 0.3 is 23.1 Å². The van der Waals surface area contributed by atoms with Crippen LogP contribution in [0.4, 0.5) is 0 Å². The fourth-order valence-corrected chi connectivity index (χ4v) is 1.43. The summed E-state index contributed by atoms with van der Waals surface area (Å²) < 4.78 is 3.38. The zero-order chi connectivity index (χ0) is 12.8. The summed E-state index contributed by atoms with van der Waals surface area (Å²) >= 11 is 0. The van der Waals surface area contributed by atoms with E-state index < -0.39 is 0 Å². The van der Waals surface area contributed by atoms with Crippen LogP contribution < -0.4 is 5.56 Å². The van der Waals surface area contributed by atoms with Gasteiger partial charge in [0, 0.05) is 7.05 Å². The topological polar surface area (TPSA) is 26.9 Å². The summed E-state index contributed by atoms with van der Waals surface area (Å²) in [6, 6.07) is 12.3. The Hall–Kier alpha value is -1.00. The fraction of sp³-hybridized carbons (Fsp3) is 0.286. The zero-order valence-electron chi connectivity index (χ0n) is 11.5. The molecule has 1 aromatic heterocycles. The third kappa shape index (κ3) is 4.03. The number of para-hydroxylation sites is 1. The first-order valence-corrected chi connectivity index (χ1v) is 5.59. The molecule has 0 aliphatic rings. The molecular formula is C14H18MgN2O. The minimum Gasteiger partial charge on any atom is -0.380 e. The summed E-state index contributed by atoms with van der Waals surface area (Å²) in [4.78, 5) is 11.5. The van der Waals surface area contributed by atoms with Crippen molar-refractivity contribution in [3.63, 3.8) is 0 Å². The standard InChI is InChI=1S/C11H11N2O.C3H7.Mg/c1-9-8-11(14)13(12(9)2)10-6-4-3-5-7-10;1-3-2;/h3-7H,1-2H3;3H,1-2H3;/q2*-1;+2. The van der Waals surface area contributed by atoms with E-state index in [0.717, 1.165) is 11.4 Å². The van der Waals surface area contributed by atoms with Crippen LogP contribution in [0.5, 0.6) is 0 Å². The molecule has 0 saturated heterocycles. The van der Waals surface area contributed by atoms with Gasteiger partial charge in [0.2, 0.25) is 0 Å². The largest absolute Gasteiger partial charge is 2.00 e. The summed E-state index contributed by atoms with van der Waals surface area (Å²) in [6.45, 7) is 5.86. The second-order valence-corrected chi connectivity index (χ2v) is 3.76. The molecule has 0 N–H and O–H groups in total. The van der Waals surface area contributed by atoms with Gasteiger partial charge in [0.25, 0.3) is 0 Å². The predicted octanol–water partition coefficient (Wildman–Crippen LogP) is 2.13. The first-order valence-electron chi connectivity index (χ1n) is 5.59. The Labute approximate surface area is 125 Å². The average Bonchev–Trinajstić information content (AvgIpc) is 2.55. The molecule has 0 amide bonds. The molecule has 92 valence electrons. The van der Waals surface area contributed by atoms with Crippen LogP contribution in [0.3, 0.4) is 0 Å². The Bertz CT molecular complexity index is 514. The summed E-state index contributed by atoms with van der Waals surface area (Å²) in [5.74, 6) is 0. The van der Waals surface area contributed by atoms with Crippen LogP contribution in [-0.2, 0) is 7.05 Å². The normalized spacial score (nSPS) is 9.11. The van der Waals surface area contributed by atoms with Crippen molar-refractivity contribution >= 4 is 23.1 Å². The number of benzene rings is 1. The SMILES string of the molecule is C[CH-]C.Cc1[c-]c(=O)n(-c2ccccc2)n1C.[Mg+2]. The summed E-state index contributed by atoms with van der Waals surface area (Å²) in [5.41, 5.74) is 1.58. The van der Waals surface area contributed by atoms with Gasteiger partial charge in [0.1, 0.15) is 0 Å². The molecule has 4 heteroatoms. The van der Waals surface area contributed by atoms with Crippen LogP contribution in [0.15, 0.2) is 35.1 Å². The number of nitrogens with zero attached hydrogens (tertiary/aromatic N) is 2. The molecule has 1 heterocycles. The molecule has 0 fully saturated rings. The molecule has 3 nitrogen and oxygen atoms in total. The molecule has 18 heavy (non-hydrogen) atoms. The summed E-state index contributed by atoms with van der Waals surface area (Å²) in [6.07, 6.45) is 2.00. The van der Waals surface area contributed by atoms with Crippen LogP contribution in [0.2, 0.25) is 0 Å². The van der Waals surface area contributed by atoms with Crippen LogP contribution in [0.25, 0.3) is 5.69 Å². The van der Waals surface area contributed by atoms with E-state index in [-0.39, 0.29) is 28.6 Å². The second kappa shape index (κ2) is 8.16. The molecule has 2 aromatic rings. The van der Waals surface area contributed by atoms with Gasteiger partial charge in [-0.15, -0.1) is 5.69 Å². The number of hydrogen-bond donors (Lipinski definition) is 0. The molecule has 0 aliphatic heterocycles. The Kier molecular flexibility index (Phi) is 7.71. The van der Waals surface area contributed by atoms with Crippen LogP contribution in [0, 0.1) is 19.4 Å². The fourth-order valence-electron chi connectivity index (χ4n) is 1.43. The molecule has 0 aliphatic carbocycles. The van der Waals surface area contributed by atoms with Crippen molar-refractivity contribution in [1.29, 1.82) is 0 Å². The van der Waals surface area contributed by atoms with Crippen molar-refractivity contribution in [3.05, 3.63) is 58.9 Å². The van der Waals surface area contributed by atoms with Crippen LogP contribution >= 0.6 is 0 Å². The van der Waals surface area contributed by atoms with Gasteiger partial charge in [0.05, 0.1) is 11.2 Å². The first-order chi connectivity index (χ1) is 8.11. The number of hydrogen-bond acceptors (Lipinski definition) is 1. The van der Waals surface area contributed by atoms with E-state index in [1.165, 1.54) is 0 Å². The third-order valence-electron chi connectivity index (χ3n) is 2.27. The van der Waals surface area contributed by atoms with E-state index in [4.69, 9.17) is 0 Å². The Morgan fingerprint density at radius 3 is 2.06 bits per heavy atom. The van der Waals surface area contributed by atoms with E-state index >= 15 is 0 Å². The van der Waals surface area contributed by atoms with Gasteiger partial charge < -0.3 is 22.0 Å². The van der Waals surface area contributed by atoms with E-state index in [9.17, 15) is 4.79 Å². The van der Waals surface area contributed by atoms with Gasteiger partial charge in [-0.3, -0.25) is 4.68 Å². The third-order valence-corrected chi connectivity index (χ3v) is 2.27. The van der Waals surface area contributed by atoms with Crippen molar-refractivity contribution in [2.24, 2.45) is 7.05 Å². The zero-order valence-corrected chi connectivity index (χ0v) is 12.9. The maximum Gasteiger partial charge on any atom is 2.00 e. The predicted molar refractivity (Wildman–Crippen MR) is 76.0 cm³/mol. The molecule has 0 atom stereocenters. The molecule has 0 bridgehead atoms. The molecule has 0 radical (unpaired) electrons. The summed E-state index contributed by atoms with van der Waals surface area (Å²) in [5, 5.41) is 0. The van der Waals surface area contributed by atoms with Crippen molar-refractivity contribution < 1.29 is 0 Å². The Morgan fingerprint density at radius 2 is 1.67 bits per heavy atom. The smallest absolute Gasteiger partial charge is 0.380 e. The van der Waals surface area contributed by atoms with E-state index in [1.807, 2.05) is 64.6 Å². The van der Waals surface area contributed by atoms with E-state index in [2.05, 4.69) is 6.07 Å². The average molecular weight is 255 g/mol. The number of aryl methyl sites for hydroxylation is 1. The quantitative estimate of drug-likeness (QED) is 0.566. The summed E-state index contributed by atoms with van der Waals surface area (Å²) in [7, 11) is 1.85. The molecule has 0 unspecified atom stereocenters. The van der Waals surface area contributed by atoms with Gasteiger partial charge in [-0.05, 0) is 12.1 Å². The second-order valence-electron chi connectivity index (χ2n) is 3.76. The van der Waals surface area contributed by atoms with Crippen molar-refractivity contribution in [1.82, 2.24) is 9.36 Å². The van der Waals surface area contributed by atoms with E-state index in [1.54, 1.807) is 9.36 Å². The Balaban J connectivity index is 0.000000660. The molecule has 2 rings (SSSR count). The van der Waals surface area contributed by atoms with Crippen molar-refractivity contribution in [2.45, 2.75) is 20.8 Å². The van der Waals surface area contributed by atoms with Gasteiger partial charge in [0.15, 0.2) is 0 Å². The number of rotatable bonds is 1. The molecule has 1 aromatic carbocycles. The minimum absolute atomic E-state index is 0. The van der Waals surface area contributed by atoms with E-state index in [0.29, 0.717) is 0 Å². The minimum atomic E-state index is -0.115. The first kappa shape index (κ1) is 17.0. The maximum atomic E-state index is 11.5. The molecule has 0 spiro atoms. The van der Waals surface area contributed by atoms with Crippen molar-refractivity contribution in [3.8, 4) is 5.69 Å². The maximum absolute atomic E-state index is 11.5. The number of aromatic nitrogens is 2. The molecular weight excluding hydrogens is 236 g/mol. The van der Waals surface area contributed by atoms with Crippen molar-refractivity contribution in [2.75, 3.05) is 0 Å². The van der Waals surface area contributed by atoms with Gasteiger partial charge in [-0.25, -0.2) is 0 Å².